The molecular weight excluding hydrogens is 422 g/mol. The van der Waals surface area contributed by atoms with Gasteiger partial charge in [0, 0.05) is 16.1 Å². The SMILES string of the molecule is Nc1c(Nc2ncc(C(F)(F)F)cc2Cl)ncnc1Sc1ccc(Cl)cc1. The molecule has 0 atom stereocenters. The van der Waals surface area contributed by atoms with Crippen molar-refractivity contribution in [2.75, 3.05) is 11.1 Å². The van der Waals surface area contributed by atoms with Crippen LogP contribution in [0.15, 0.2) is 52.8 Å². The number of benzene rings is 1. The first kappa shape index (κ1) is 19.5. The third kappa shape index (κ3) is 4.74. The molecule has 27 heavy (non-hydrogen) atoms. The third-order valence-corrected chi connectivity index (χ3v) is 4.85. The topological polar surface area (TPSA) is 76.7 Å². The molecule has 11 heteroatoms. The highest BCUT2D eigenvalue weighted by Crippen LogP contribution is 2.36. The highest BCUT2D eigenvalue weighted by molar-refractivity contribution is 7.99. The molecule has 0 bridgehead atoms. The van der Waals surface area contributed by atoms with Crippen LogP contribution in [0.1, 0.15) is 5.56 Å². The molecule has 3 rings (SSSR count). The molecule has 0 aliphatic heterocycles. The molecule has 0 aliphatic rings. The Balaban J connectivity index is 1.85. The maximum atomic E-state index is 12.7. The van der Waals surface area contributed by atoms with E-state index in [4.69, 9.17) is 28.9 Å². The number of pyridine rings is 1. The number of alkyl halides is 3. The minimum Gasteiger partial charge on any atom is -0.394 e. The molecule has 0 saturated carbocycles. The van der Waals surface area contributed by atoms with Crippen LogP contribution in [0.3, 0.4) is 0 Å². The predicted octanol–water partition coefficient (Wildman–Crippen LogP) is 5.67. The average molecular weight is 432 g/mol. The standard InChI is InChI=1S/C16H10Cl2F3N5S/c17-9-1-3-10(4-2-9)27-15-12(22)14(24-7-25-15)26-13-11(18)5-8(6-23-13)16(19,20)21/h1-7H,22H2,(H,23,24,25,26). The maximum absolute atomic E-state index is 12.7. The number of nitrogens with zero attached hydrogens (tertiary/aromatic N) is 3. The molecule has 1 aromatic carbocycles. The largest absolute Gasteiger partial charge is 0.417 e. The van der Waals surface area contributed by atoms with Gasteiger partial charge < -0.3 is 11.1 Å². The Hall–Kier alpha value is -2.23. The van der Waals surface area contributed by atoms with Gasteiger partial charge in [0.25, 0.3) is 0 Å². The monoisotopic (exact) mass is 431 g/mol. The van der Waals surface area contributed by atoms with E-state index >= 15 is 0 Å². The Labute approximate surface area is 166 Å². The summed E-state index contributed by atoms with van der Waals surface area (Å²) in [5.74, 6) is 0.174. The number of anilines is 3. The van der Waals surface area contributed by atoms with Gasteiger partial charge in [-0.3, -0.25) is 0 Å². The number of rotatable bonds is 4. The zero-order chi connectivity index (χ0) is 19.6. The van der Waals surface area contributed by atoms with Crippen LogP contribution in [-0.2, 0) is 6.18 Å². The Bertz CT molecular complexity index is 967. The maximum Gasteiger partial charge on any atom is 0.417 e. The van der Waals surface area contributed by atoms with Gasteiger partial charge in [-0.05, 0) is 30.3 Å². The van der Waals surface area contributed by atoms with E-state index in [1.54, 1.807) is 24.3 Å². The van der Waals surface area contributed by atoms with Crippen molar-refractivity contribution < 1.29 is 13.2 Å². The third-order valence-electron chi connectivity index (χ3n) is 3.28. The number of nitrogen functional groups attached to an aromatic ring is 1. The minimum atomic E-state index is -4.54. The van der Waals surface area contributed by atoms with E-state index in [0.717, 1.165) is 11.0 Å². The number of hydrogen-bond donors (Lipinski definition) is 2. The van der Waals surface area contributed by atoms with Gasteiger partial charge in [-0.25, -0.2) is 15.0 Å². The van der Waals surface area contributed by atoms with Crippen LogP contribution in [0, 0.1) is 0 Å². The van der Waals surface area contributed by atoms with E-state index in [-0.39, 0.29) is 22.3 Å². The van der Waals surface area contributed by atoms with Crippen molar-refractivity contribution in [3.63, 3.8) is 0 Å². The summed E-state index contributed by atoms with van der Waals surface area (Å²) in [5, 5.41) is 3.57. The van der Waals surface area contributed by atoms with Crippen LogP contribution in [-0.4, -0.2) is 15.0 Å². The van der Waals surface area contributed by atoms with Crippen LogP contribution in [0.4, 0.5) is 30.5 Å². The second-order valence-electron chi connectivity index (χ2n) is 5.17. The summed E-state index contributed by atoms with van der Waals surface area (Å²) in [7, 11) is 0. The van der Waals surface area contributed by atoms with E-state index in [1.807, 2.05) is 0 Å². The average Bonchev–Trinajstić information content (AvgIpc) is 2.61. The van der Waals surface area contributed by atoms with Crippen molar-refractivity contribution in [2.24, 2.45) is 0 Å². The van der Waals surface area contributed by atoms with Crippen LogP contribution < -0.4 is 11.1 Å². The summed E-state index contributed by atoms with van der Waals surface area (Å²) in [5.41, 5.74) is 5.33. The lowest BCUT2D eigenvalue weighted by atomic mass is 10.3. The lowest BCUT2D eigenvalue weighted by Gasteiger charge is -2.12. The number of nitrogens with one attached hydrogen (secondary N) is 1. The molecule has 0 spiro atoms. The van der Waals surface area contributed by atoms with Crippen LogP contribution in [0.5, 0.6) is 0 Å². The molecule has 140 valence electrons. The number of hydrogen-bond acceptors (Lipinski definition) is 6. The first-order valence-corrected chi connectivity index (χ1v) is 8.85. The highest BCUT2D eigenvalue weighted by Gasteiger charge is 2.31. The van der Waals surface area contributed by atoms with E-state index in [0.29, 0.717) is 16.2 Å². The van der Waals surface area contributed by atoms with E-state index in [2.05, 4.69) is 20.3 Å². The highest BCUT2D eigenvalue weighted by atomic mass is 35.5. The van der Waals surface area contributed by atoms with Crippen molar-refractivity contribution in [1.82, 2.24) is 15.0 Å². The van der Waals surface area contributed by atoms with Gasteiger partial charge in [0.15, 0.2) is 5.82 Å². The molecule has 0 unspecified atom stereocenters. The minimum absolute atomic E-state index is 0.00231. The van der Waals surface area contributed by atoms with Gasteiger partial charge in [0.1, 0.15) is 22.9 Å². The van der Waals surface area contributed by atoms with Crippen molar-refractivity contribution in [3.05, 3.63) is 58.5 Å². The summed E-state index contributed by atoms with van der Waals surface area (Å²) in [4.78, 5) is 12.7. The summed E-state index contributed by atoms with van der Waals surface area (Å²) in [6.45, 7) is 0. The van der Waals surface area contributed by atoms with Gasteiger partial charge in [0.2, 0.25) is 0 Å². The predicted molar refractivity (Wildman–Crippen MR) is 99.6 cm³/mol. The fraction of sp³-hybridized carbons (Fsp3) is 0.0625. The Morgan fingerprint density at radius 3 is 2.33 bits per heavy atom. The molecule has 0 fully saturated rings. The molecule has 3 N–H and O–H groups in total. The Morgan fingerprint density at radius 2 is 1.70 bits per heavy atom. The van der Waals surface area contributed by atoms with Crippen molar-refractivity contribution in [1.29, 1.82) is 0 Å². The molecule has 5 nitrogen and oxygen atoms in total. The summed E-state index contributed by atoms with van der Waals surface area (Å²) in [6, 6.07) is 7.84. The molecule has 0 amide bonds. The molecule has 0 saturated heterocycles. The van der Waals surface area contributed by atoms with Gasteiger partial charge in [-0.1, -0.05) is 35.0 Å². The molecular formula is C16H10Cl2F3N5S. The molecule has 0 aliphatic carbocycles. The van der Waals surface area contributed by atoms with Gasteiger partial charge >= 0.3 is 6.18 Å². The first-order chi connectivity index (χ1) is 12.7. The lowest BCUT2D eigenvalue weighted by molar-refractivity contribution is -0.137. The molecule has 0 radical (unpaired) electrons. The Morgan fingerprint density at radius 1 is 1.00 bits per heavy atom. The van der Waals surface area contributed by atoms with Crippen molar-refractivity contribution >= 4 is 52.3 Å². The smallest absolute Gasteiger partial charge is 0.394 e. The van der Waals surface area contributed by atoms with Gasteiger partial charge in [0.05, 0.1) is 10.6 Å². The number of halogens is 5. The quantitative estimate of drug-likeness (QED) is 0.517. The summed E-state index contributed by atoms with van der Waals surface area (Å²) >= 11 is 13.0. The molecule has 2 aromatic heterocycles. The first-order valence-electron chi connectivity index (χ1n) is 7.27. The second kappa shape index (κ2) is 7.79. The van der Waals surface area contributed by atoms with Crippen LogP contribution in [0.2, 0.25) is 10.0 Å². The second-order valence-corrected chi connectivity index (χ2v) is 7.08. The number of nitrogens with two attached hydrogens (primary N) is 1. The molecule has 3 aromatic rings. The fourth-order valence-electron chi connectivity index (χ4n) is 1.97. The van der Waals surface area contributed by atoms with E-state index in [9.17, 15) is 13.2 Å². The van der Waals surface area contributed by atoms with Gasteiger partial charge in [-0.15, -0.1) is 0 Å². The fourth-order valence-corrected chi connectivity index (χ4v) is 3.11. The van der Waals surface area contributed by atoms with E-state index in [1.165, 1.54) is 18.1 Å². The number of aromatic nitrogens is 3. The van der Waals surface area contributed by atoms with Gasteiger partial charge in [-0.2, -0.15) is 13.2 Å². The zero-order valence-electron chi connectivity index (χ0n) is 13.3. The van der Waals surface area contributed by atoms with E-state index < -0.39 is 11.7 Å². The van der Waals surface area contributed by atoms with Crippen molar-refractivity contribution in [2.45, 2.75) is 16.1 Å². The van der Waals surface area contributed by atoms with Crippen molar-refractivity contribution in [3.8, 4) is 0 Å². The normalized spacial score (nSPS) is 11.4. The summed E-state index contributed by atoms with van der Waals surface area (Å²) < 4.78 is 38.1. The summed E-state index contributed by atoms with van der Waals surface area (Å²) in [6.07, 6.45) is -2.59. The molecule has 2 heterocycles. The van der Waals surface area contributed by atoms with Crippen LogP contribution in [0.25, 0.3) is 0 Å². The lowest BCUT2D eigenvalue weighted by Crippen LogP contribution is -2.08. The van der Waals surface area contributed by atoms with Crippen LogP contribution >= 0.6 is 35.0 Å². The Kier molecular flexibility index (Phi) is 5.64. The zero-order valence-corrected chi connectivity index (χ0v) is 15.6.